The molecule has 0 aliphatic carbocycles. The second-order valence-electron chi connectivity index (χ2n) is 7.13. The third kappa shape index (κ3) is 4.62. The number of hydrogen-bond acceptors (Lipinski definition) is 4. The summed E-state index contributed by atoms with van der Waals surface area (Å²) in [4.78, 5) is 14.7. The highest BCUT2D eigenvalue weighted by atomic mass is 16.2. The molecule has 0 saturated carbocycles. The van der Waals surface area contributed by atoms with Crippen molar-refractivity contribution in [1.29, 1.82) is 0 Å². The summed E-state index contributed by atoms with van der Waals surface area (Å²) < 4.78 is 3.98. The van der Waals surface area contributed by atoms with E-state index in [1.54, 1.807) is 12.5 Å². The van der Waals surface area contributed by atoms with Gasteiger partial charge in [-0.3, -0.25) is 4.68 Å². The normalized spacial score (nSPS) is 17.7. The Hall–Kier alpha value is -2.38. The molecule has 3 heterocycles. The van der Waals surface area contributed by atoms with Crippen LogP contribution in [-0.2, 0) is 13.0 Å². The van der Waals surface area contributed by atoms with Crippen LogP contribution in [0.5, 0.6) is 0 Å². The summed E-state index contributed by atoms with van der Waals surface area (Å²) in [6, 6.07) is 2.57. The Kier molecular flexibility index (Phi) is 6.25. The molecule has 8 nitrogen and oxygen atoms in total. The van der Waals surface area contributed by atoms with Gasteiger partial charge in [0, 0.05) is 50.5 Å². The van der Waals surface area contributed by atoms with Crippen molar-refractivity contribution in [3.63, 3.8) is 0 Å². The summed E-state index contributed by atoms with van der Waals surface area (Å²) in [7, 11) is 0. The topological polar surface area (TPSA) is 80.9 Å². The number of piperidine rings is 1. The monoisotopic (exact) mass is 359 g/mol. The quantitative estimate of drug-likeness (QED) is 0.822. The molecular formula is C18H29N7O. The third-order valence-electron chi connectivity index (χ3n) is 4.97. The summed E-state index contributed by atoms with van der Waals surface area (Å²) in [5.41, 5.74) is 0. The minimum atomic E-state index is 0.0331. The number of aromatic nitrogens is 5. The molecule has 1 atom stereocenters. The molecule has 1 fully saturated rings. The first-order valence-electron chi connectivity index (χ1n) is 9.55. The van der Waals surface area contributed by atoms with E-state index >= 15 is 0 Å². The molecule has 142 valence electrons. The maximum atomic E-state index is 12.7. The van der Waals surface area contributed by atoms with E-state index in [0.29, 0.717) is 19.0 Å². The average molecular weight is 359 g/mol. The van der Waals surface area contributed by atoms with Crippen LogP contribution < -0.4 is 5.32 Å². The Balaban J connectivity index is 1.49. The Morgan fingerprint density at radius 1 is 1.38 bits per heavy atom. The Labute approximate surface area is 154 Å². The van der Waals surface area contributed by atoms with Gasteiger partial charge in [0.25, 0.3) is 0 Å². The van der Waals surface area contributed by atoms with Crippen molar-refractivity contribution in [3.8, 4) is 0 Å². The highest BCUT2D eigenvalue weighted by Crippen LogP contribution is 2.20. The number of nitrogens with one attached hydrogen (secondary N) is 1. The van der Waals surface area contributed by atoms with Crippen molar-refractivity contribution < 1.29 is 4.79 Å². The Bertz CT molecular complexity index is 680. The van der Waals surface area contributed by atoms with Crippen LogP contribution in [0.2, 0.25) is 0 Å². The fourth-order valence-electron chi connectivity index (χ4n) is 3.54. The second-order valence-corrected chi connectivity index (χ2v) is 7.13. The third-order valence-corrected chi connectivity index (χ3v) is 4.97. The molecular weight excluding hydrogens is 330 g/mol. The first-order valence-corrected chi connectivity index (χ1v) is 9.55. The molecule has 1 saturated heterocycles. The lowest BCUT2D eigenvalue weighted by Crippen LogP contribution is -2.49. The highest BCUT2D eigenvalue weighted by molar-refractivity contribution is 5.74. The summed E-state index contributed by atoms with van der Waals surface area (Å²) >= 11 is 0. The van der Waals surface area contributed by atoms with E-state index in [9.17, 15) is 4.79 Å². The predicted molar refractivity (Wildman–Crippen MR) is 98.7 cm³/mol. The van der Waals surface area contributed by atoms with E-state index < -0.39 is 0 Å². The summed E-state index contributed by atoms with van der Waals surface area (Å²) in [6.07, 6.45) is 10.5. The number of amides is 2. The van der Waals surface area contributed by atoms with E-state index in [4.69, 9.17) is 0 Å². The molecule has 2 aromatic rings. The van der Waals surface area contributed by atoms with Crippen molar-refractivity contribution in [2.45, 2.75) is 64.6 Å². The lowest BCUT2D eigenvalue weighted by atomic mass is 10.00. The molecule has 0 radical (unpaired) electrons. The largest absolute Gasteiger partial charge is 0.338 e. The average Bonchev–Trinajstić information content (AvgIpc) is 3.32. The number of rotatable bonds is 7. The zero-order valence-corrected chi connectivity index (χ0v) is 15.7. The molecule has 3 rings (SSSR count). The molecule has 8 heteroatoms. The van der Waals surface area contributed by atoms with E-state index in [2.05, 4.69) is 34.5 Å². The number of hydrogen-bond donors (Lipinski definition) is 1. The van der Waals surface area contributed by atoms with Gasteiger partial charge in [0.2, 0.25) is 0 Å². The lowest BCUT2D eigenvalue weighted by molar-refractivity contribution is 0.143. The lowest BCUT2D eigenvalue weighted by Gasteiger charge is -2.35. The predicted octanol–water partition coefficient (Wildman–Crippen LogP) is 2.25. The summed E-state index contributed by atoms with van der Waals surface area (Å²) in [5, 5.41) is 15.4. The van der Waals surface area contributed by atoms with Gasteiger partial charge < -0.3 is 14.8 Å². The van der Waals surface area contributed by atoms with Crippen LogP contribution in [0.3, 0.4) is 0 Å². The van der Waals surface area contributed by atoms with E-state index in [-0.39, 0.29) is 12.1 Å². The van der Waals surface area contributed by atoms with Gasteiger partial charge in [0.1, 0.15) is 12.2 Å². The van der Waals surface area contributed by atoms with Gasteiger partial charge in [-0.1, -0.05) is 0 Å². The number of carbonyl (C=O) groups is 1. The standard InChI is InChI=1S/C18H29N7O/c1-15(2)25-14-20-22-17(25)7-10-19-18(26)24-12-4-3-6-16(24)8-13-23-11-5-9-21-23/h5,9,11,14-16H,3-4,6-8,10,12-13H2,1-2H3,(H,19,26)/t16-/m1/s1. The van der Waals surface area contributed by atoms with Gasteiger partial charge in [-0.05, 0) is 45.6 Å². The van der Waals surface area contributed by atoms with Crippen molar-refractivity contribution in [2.24, 2.45) is 0 Å². The Morgan fingerprint density at radius 2 is 2.27 bits per heavy atom. The first-order chi connectivity index (χ1) is 12.6. The van der Waals surface area contributed by atoms with Crippen LogP contribution in [0.15, 0.2) is 24.8 Å². The molecule has 1 N–H and O–H groups in total. The van der Waals surface area contributed by atoms with Gasteiger partial charge in [0.15, 0.2) is 0 Å². The van der Waals surface area contributed by atoms with E-state index in [1.165, 1.54) is 6.42 Å². The van der Waals surface area contributed by atoms with Crippen LogP contribution in [0, 0.1) is 0 Å². The molecule has 2 amide bonds. The van der Waals surface area contributed by atoms with Crippen LogP contribution in [-0.4, -0.2) is 54.6 Å². The molecule has 0 spiro atoms. The molecule has 26 heavy (non-hydrogen) atoms. The van der Waals surface area contributed by atoms with Gasteiger partial charge in [-0.25, -0.2) is 4.79 Å². The van der Waals surface area contributed by atoms with Crippen molar-refractivity contribution in [2.75, 3.05) is 13.1 Å². The van der Waals surface area contributed by atoms with Gasteiger partial charge in [-0.2, -0.15) is 5.10 Å². The van der Waals surface area contributed by atoms with E-state index in [0.717, 1.165) is 38.2 Å². The minimum Gasteiger partial charge on any atom is -0.338 e. The van der Waals surface area contributed by atoms with Crippen LogP contribution in [0.1, 0.15) is 51.4 Å². The van der Waals surface area contributed by atoms with Crippen molar-refractivity contribution >= 4 is 6.03 Å². The van der Waals surface area contributed by atoms with Crippen LogP contribution >= 0.6 is 0 Å². The zero-order chi connectivity index (χ0) is 18.4. The van der Waals surface area contributed by atoms with Crippen LogP contribution in [0.25, 0.3) is 0 Å². The molecule has 0 aromatic carbocycles. The number of carbonyl (C=O) groups excluding carboxylic acids is 1. The van der Waals surface area contributed by atoms with Crippen molar-refractivity contribution in [1.82, 2.24) is 34.8 Å². The number of aryl methyl sites for hydroxylation is 1. The van der Waals surface area contributed by atoms with Gasteiger partial charge in [0.05, 0.1) is 0 Å². The summed E-state index contributed by atoms with van der Waals surface area (Å²) in [5.74, 6) is 0.911. The van der Waals surface area contributed by atoms with Crippen LogP contribution in [0.4, 0.5) is 4.79 Å². The molecule has 0 unspecified atom stereocenters. The molecule has 2 aromatic heterocycles. The number of urea groups is 1. The first kappa shape index (κ1) is 18.4. The van der Waals surface area contributed by atoms with E-state index in [1.807, 2.05) is 26.4 Å². The second kappa shape index (κ2) is 8.82. The number of nitrogens with zero attached hydrogens (tertiary/aromatic N) is 6. The maximum absolute atomic E-state index is 12.7. The smallest absolute Gasteiger partial charge is 0.317 e. The van der Waals surface area contributed by atoms with Crippen molar-refractivity contribution in [3.05, 3.63) is 30.6 Å². The number of likely N-dealkylation sites (tertiary alicyclic amines) is 1. The fourth-order valence-corrected chi connectivity index (χ4v) is 3.54. The zero-order valence-electron chi connectivity index (χ0n) is 15.7. The fraction of sp³-hybridized carbons (Fsp3) is 0.667. The molecule has 1 aliphatic rings. The van der Waals surface area contributed by atoms with Gasteiger partial charge in [-0.15, -0.1) is 10.2 Å². The Morgan fingerprint density at radius 3 is 3.04 bits per heavy atom. The van der Waals surface area contributed by atoms with Gasteiger partial charge >= 0.3 is 6.03 Å². The minimum absolute atomic E-state index is 0.0331. The maximum Gasteiger partial charge on any atom is 0.317 e. The molecule has 1 aliphatic heterocycles. The highest BCUT2D eigenvalue weighted by Gasteiger charge is 2.26. The SMILES string of the molecule is CC(C)n1cnnc1CCNC(=O)N1CCCC[C@@H]1CCn1cccn1. The summed E-state index contributed by atoms with van der Waals surface area (Å²) in [6.45, 7) is 6.45. The molecule has 0 bridgehead atoms.